The first-order chi connectivity index (χ1) is 11.1. The zero-order valence-electron chi connectivity index (χ0n) is 12.4. The summed E-state index contributed by atoms with van der Waals surface area (Å²) in [6.07, 6.45) is 3.54. The van der Waals surface area contributed by atoms with E-state index >= 15 is 0 Å². The summed E-state index contributed by atoms with van der Waals surface area (Å²) >= 11 is 11.7. The van der Waals surface area contributed by atoms with Gasteiger partial charge in [0, 0.05) is 40.3 Å². The van der Waals surface area contributed by atoms with Gasteiger partial charge in [-0.3, -0.25) is 9.66 Å². The summed E-state index contributed by atoms with van der Waals surface area (Å²) in [4.78, 5) is 4.58. The van der Waals surface area contributed by atoms with Gasteiger partial charge in [0.1, 0.15) is 0 Å². The third-order valence-corrected chi connectivity index (χ3v) is 3.89. The fourth-order valence-corrected chi connectivity index (χ4v) is 2.72. The van der Waals surface area contributed by atoms with Crippen molar-refractivity contribution >= 4 is 23.4 Å². The lowest BCUT2D eigenvalue weighted by Gasteiger charge is -2.11. The fraction of sp³-hybridized carbons (Fsp3) is 0.0588. The average Bonchev–Trinajstić information content (AvgIpc) is 2.55. The molecule has 0 saturated heterocycles. The summed E-state index contributed by atoms with van der Waals surface area (Å²) in [5.74, 6) is 5.78. The van der Waals surface area contributed by atoms with Crippen molar-refractivity contribution in [3.63, 3.8) is 0 Å². The van der Waals surface area contributed by atoms with Crippen LogP contribution in [0.15, 0.2) is 59.4 Å². The van der Waals surface area contributed by atoms with E-state index in [4.69, 9.17) is 29.2 Å². The molecule has 6 heteroatoms. The molecule has 3 rings (SSSR count). The first kappa shape index (κ1) is 15.6. The lowest BCUT2D eigenvalue weighted by Crippen LogP contribution is -2.26. The Morgan fingerprint density at radius 3 is 2.70 bits per heavy atom. The van der Waals surface area contributed by atoms with Crippen LogP contribution in [0.5, 0.6) is 0 Å². The molecule has 0 aliphatic rings. The zero-order chi connectivity index (χ0) is 16.4. The molecule has 0 spiro atoms. The van der Waals surface area contributed by atoms with Gasteiger partial charge in [0.25, 0.3) is 0 Å². The highest BCUT2D eigenvalue weighted by atomic mass is 35.5. The third-order valence-electron chi connectivity index (χ3n) is 3.48. The van der Waals surface area contributed by atoms with E-state index in [0.717, 1.165) is 27.9 Å². The smallest absolute Gasteiger partial charge is 0.165 e. The topological polar surface area (TPSA) is 56.2 Å². The van der Waals surface area contributed by atoms with Crippen LogP contribution in [0.4, 0.5) is 0 Å². The molecule has 0 aliphatic heterocycles. The number of hydrogen-bond donors (Lipinski definition) is 1. The number of pyridine rings is 2. The highest BCUT2D eigenvalue weighted by Gasteiger charge is 2.10. The second kappa shape index (κ2) is 6.44. The number of rotatable bonds is 2. The van der Waals surface area contributed by atoms with Gasteiger partial charge >= 0.3 is 0 Å². The van der Waals surface area contributed by atoms with Crippen LogP contribution in [0.3, 0.4) is 0 Å². The molecule has 0 amide bonds. The normalized spacial score (nSPS) is 11.7. The summed E-state index contributed by atoms with van der Waals surface area (Å²) in [7, 11) is 0. The lowest BCUT2D eigenvalue weighted by molar-refractivity contribution is 0.915. The minimum Gasteiger partial charge on any atom is -0.338 e. The Bertz CT molecular complexity index is 932. The van der Waals surface area contributed by atoms with E-state index in [1.165, 1.54) is 4.68 Å². The van der Waals surface area contributed by atoms with E-state index < -0.39 is 0 Å². The summed E-state index contributed by atoms with van der Waals surface area (Å²) in [6.45, 7) is 2.00. The highest BCUT2D eigenvalue weighted by molar-refractivity contribution is 6.30. The molecular weight excluding hydrogens is 331 g/mol. The Labute approximate surface area is 143 Å². The lowest BCUT2D eigenvalue weighted by atomic mass is 9.99. The second-order valence-electron chi connectivity index (χ2n) is 5.18. The van der Waals surface area contributed by atoms with Crippen molar-refractivity contribution in [1.82, 2.24) is 9.66 Å². The third kappa shape index (κ3) is 3.23. The standard InChI is InChI=1S/C17H14Cl2N4/c1-11-7-15(12-5-6-23(20)16(9-12)22-19)17(21-10-11)13-3-2-4-14(18)8-13/h2-10H,20H2,1H3. The minimum atomic E-state index is 0.461. The second-order valence-corrected chi connectivity index (χ2v) is 5.79. The van der Waals surface area contributed by atoms with Crippen LogP contribution in [-0.4, -0.2) is 9.66 Å². The van der Waals surface area contributed by atoms with Gasteiger partial charge in [-0.15, -0.1) is 0 Å². The van der Waals surface area contributed by atoms with Crippen LogP contribution in [-0.2, 0) is 0 Å². The fourth-order valence-electron chi connectivity index (χ4n) is 2.39. The highest BCUT2D eigenvalue weighted by Crippen LogP contribution is 2.31. The van der Waals surface area contributed by atoms with Gasteiger partial charge < -0.3 is 5.84 Å². The van der Waals surface area contributed by atoms with Crippen molar-refractivity contribution in [2.75, 3.05) is 5.84 Å². The number of nitrogens with zero attached hydrogens (tertiary/aromatic N) is 3. The Balaban J connectivity index is 2.25. The van der Waals surface area contributed by atoms with Crippen molar-refractivity contribution in [2.24, 2.45) is 4.51 Å². The Morgan fingerprint density at radius 1 is 1.13 bits per heavy atom. The molecule has 0 fully saturated rings. The van der Waals surface area contributed by atoms with Gasteiger partial charge in [0.2, 0.25) is 0 Å². The van der Waals surface area contributed by atoms with Gasteiger partial charge in [0.05, 0.1) is 5.69 Å². The molecule has 4 nitrogen and oxygen atoms in total. The van der Waals surface area contributed by atoms with E-state index in [1.54, 1.807) is 6.20 Å². The molecule has 1 aromatic carbocycles. The molecule has 116 valence electrons. The summed E-state index contributed by atoms with van der Waals surface area (Å²) in [5, 5.41) is 0.667. The molecule has 0 radical (unpaired) electrons. The molecule has 3 aromatic rings. The molecule has 2 N–H and O–H groups in total. The largest absolute Gasteiger partial charge is 0.338 e. The number of halogens is 2. The van der Waals surface area contributed by atoms with Gasteiger partial charge in [-0.25, -0.2) is 0 Å². The van der Waals surface area contributed by atoms with E-state index in [1.807, 2.05) is 49.5 Å². The van der Waals surface area contributed by atoms with Crippen LogP contribution < -0.4 is 11.3 Å². The van der Waals surface area contributed by atoms with Gasteiger partial charge in [-0.2, -0.15) is 4.51 Å². The molecular formula is C17H14Cl2N4. The number of nitrogens with two attached hydrogens (primary N) is 1. The SMILES string of the molecule is Cc1cnc(-c2cccc(Cl)c2)c(-c2ccn(N)c(=NCl)c2)c1. The van der Waals surface area contributed by atoms with Crippen LogP contribution in [0.1, 0.15) is 5.56 Å². The minimum absolute atomic E-state index is 0.461. The molecule has 0 atom stereocenters. The summed E-state index contributed by atoms with van der Waals surface area (Å²) in [5.41, 5.74) is 5.20. The number of aromatic nitrogens is 2. The maximum atomic E-state index is 6.11. The van der Waals surface area contributed by atoms with Crippen LogP contribution in [0.2, 0.25) is 5.02 Å². The molecule has 0 unspecified atom stereocenters. The predicted molar refractivity (Wildman–Crippen MR) is 94.4 cm³/mol. The van der Waals surface area contributed by atoms with Gasteiger partial charge in [-0.1, -0.05) is 23.7 Å². The molecule has 0 aliphatic carbocycles. The first-order valence-electron chi connectivity index (χ1n) is 6.94. The summed E-state index contributed by atoms with van der Waals surface area (Å²) in [6, 6.07) is 13.4. The monoisotopic (exact) mass is 344 g/mol. The van der Waals surface area contributed by atoms with Crippen LogP contribution in [0, 0.1) is 6.92 Å². The number of aryl methyl sites for hydroxylation is 1. The molecule has 2 aromatic heterocycles. The van der Waals surface area contributed by atoms with Crippen molar-refractivity contribution < 1.29 is 0 Å². The predicted octanol–water partition coefficient (Wildman–Crippen LogP) is 3.95. The van der Waals surface area contributed by atoms with E-state index in [2.05, 4.69) is 15.6 Å². The average molecular weight is 345 g/mol. The number of hydrogen-bond acceptors (Lipinski definition) is 3. The number of benzene rings is 1. The van der Waals surface area contributed by atoms with Crippen LogP contribution in [0.25, 0.3) is 22.4 Å². The Kier molecular flexibility index (Phi) is 4.37. The molecule has 0 saturated carbocycles. The van der Waals surface area contributed by atoms with Crippen molar-refractivity contribution in [3.8, 4) is 22.4 Å². The Morgan fingerprint density at radius 2 is 1.96 bits per heavy atom. The molecule has 0 bridgehead atoms. The maximum Gasteiger partial charge on any atom is 0.165 e. The van der Waals surface area contributed by atoms with E-state index in [9.17, 15) is 0 Å². The van der Waals surface area contributed by atoms with Crippen molar-refractivity contribution in [2.45, 2.75) is 6.92 Å². The zero-order valence-corrected chi connectivity index (χ0v) is 13.9. The quantitative estimate of drug-likeness (QED) is 0.715. The van der Waals surface area contributed by atoms with E-state index in [0.29, 0.717) is 10.5 Å². The maximum absolute atomic E-state index is 6.11. The summed E-state index contributed by atoms with van der Waals surface area (Å²) < 4.78 is 5.02. The van der Waals surface area contributed by atoms with Crippen LogP contribution >= 0.6 is 23.4 Å². The van der Waals surface area contributed by atoms with Gasteiger partial charge in [0.15, 0.2) is 5.49 Å². The Hall–Kier alpha value is -2.30. The first-order valence-corrected chi connectivity index (χ1v) is 7.66. The molecule has 2 heterocycles. The van der Waals surface area contributed by atoms with Crippen molar-refractivity contribution in [3.05, 3.63) is 70.9 Å². The van der Waals surface area contributed by atoms with Gasteiger partial charge in [-0.05, 0) is 48.4 Å². The van der Waals surface area contributed by atoms with E-state index in [-0.39, 0.29) is 0 Å². The molecule has 23 heavy (non-hydrogen) atoms. The van der Waals surface area contributed by atoms with Crippen molar-refractivity contribution in [1.29, 1.82) is 0 Å². The number of nitrogen functional groups attached to an aromatic ring is 1.